The number of hydrogen-bond donors (Lipinski definition) is 1. The standard InChI is InChI=1S/C17H16F2N2O4/c1-2-25-17(24)11-7-20-14-10(3-4-12(18)13(14)19)15(11)21-6-5-9(8-21)16(22)23/h3-4,7,9H,2,5-6,8H2,1H3,(H,22,23). The van der Waals surface area contributed by atoms with E-state index in [2.05, 4.69) is 4.98 Å². The van der Waals surface area contributed by atoms with E-state index < -0.39 is 29.5 Å². The highest BCUT2D eigenvalue weighted by atomic mass is 19.2. The van der Waals surface area contributed by atoms with Gasteiger partial charge in [-0.25, -0.2) is 13.6 Å². The summed E-state index contributed by atoms with van der Waals surface area (Å²) in [4.78, 5) is 29.0. The Morgan fingerprint density at radius 1 is 1.40 bits per heavy atom. The number of rotatable bonds is 4. The van der Waals surface area contributed by atoms with E-state index in [4.69, 9.17) is 4.74 Å². The molecule has 6 nitrogen and oxygen atoms in total. The zero-order valence-electron chi connectivity index (χ0n) is 13.5. The maximum Gasteiger partial charge on any atom is 0.341 e. The Morgan fingerprint density at radius 3 is 2.80 bits per heavy atom. The van der Waals surface area contributed by atoms with Crippen molar-refractivity contribution in [2.75, 3.05) is 24.6 Å². The first-order chi connectivity index (χ1) is 11.9. The number of carbonyl (C=O) groups excluding carboxylic acids is 1. The van der Waals surface area contributed by atoms with E-state index >= 15 is 0 Å². The second-order valence-electron chi connectivity index (χ2n) is 5.77. The number of fused-ring (bicyclic) bond motifs is 1. The van der Waals surface area contributed by atoms with Crippen LogP contribution in [0.4, 0.5) is 14.5 Å². The quantitative estimate of drug-likeness (QED) is 0.854. The zero-order valence-corrected chi connectivity index (χ0v) is 13.5. The number of ether oxygens (including phenoxy) is 1. The third kappa shape index (κ3) is 2.99. The van der Waals surface area contributed by atoms with Gasteiger partial charge in [-0.1, -0.05) is 0 Å². The van der Waals surface area contributed by atoms with Crippen molar-refractivity contribution < 1.29 is 28.2 Å². The predicted molar refractivity (Wildman–Crippen MR) is 85.6 cm³/mol. The minimum absolute atomic E-state index is 0.103. The SMILES string of the molecule is CCOC(=O)c1cnc2c(F)c(F)ccc2c1N1CCC(C(=O)O)C1. The van der Waals surface area contributed by atoms with Gasteiger partial charge in [-0.2, -0.15) is 0 Å². The first-order valence-electron chi connectivity index (χ1n) is 7.85. The zero-order chi connectivity index (χ0) is 18.1. The summed E-state index contributed by atoms with van der Waals surface area (Å²) in [7, 11) is 0. The van der Waals surface area contributed by atoms with E-state index in [0.717, 1.165) is 12.3 Å². The average molecular weight is 350 g/mol. The van der Waals surface area contributed by atoms with Crippen LogP contribution in [0.25, 0.3) is 10.9 Å². The van der Waals surface area contributed by atoms with E-state index in [1.807, 2.05) is 0 Å². The van der Waals surface area contributed by atoms with Gasteiger partial charge in [-0.3, -0.25) is 9.78 Å². The monoisotopic (exact) mass is 350 g/mol. The van der Waals surface area contributed by atoms with Crippen molar-refractivity contribution in [2.45, 2.75) is 13.3 Å². The van der Waals surface area contributed by atoms with Crippen LogP contribution >= 0.6 is 0 Å². The molecule has 8 heteroatoms. The highest BCUT2D eigenvalue weighted by Crippen LogP contribution is 2.35. The number of carboxylic acids is 1. The molecule has 132 valence electrons. The molecule has 1 atom stereocenters. The summed E-state index contributed by atoms with van der Waals surface area (Å²) in [5.74, 6) is -4.32. The number of carbonyl (C=O) groups is 2. The molecule has 0 saturated carbocycles. The van der Waals surface area contributed by atoms with Crippen molar-refractivity contribution in [1.29, 1.82) is 0 Å². The number of anilines is 1. The predicted octanol–water partition coefficient (Wildman–Crippen LogP) is 2.60. The van der Waals surface area contributed by atoms with Gasteiger partial charge in [-0.15, -0.1) is 0 Å². The number of pyridine rings is 1. The lowest BCUT2D eigenvalue weighted by Crippen LogP contribution is -2.25. The topological polar surface area (TPSA) is 79.7 Å². The third-order valence-corrected chi connectivity index (χ3v) is 4.25. The summed E-state index contributed by atoms with van der Waals surface area (Å²) in [5.41, 5.74) is 0.222. The van der Waals surface area contributed by atoms with Crippen molar-refractivity contribution in [1.82, 2.24) is 4.98 Å². The van der Waals surface area contributed by atoms with E-state index in [0.29, 0.717) is 18.7 Å². The Morgan fingerprint density at radius 2 is 2.16 bits per heavy atom. The van der Waals surface area contributed by atoms with Crippen LogP contribution in [0.2, 0.25) is 0 Å². The Hall–Kier alpha value is -2.77. The van der Waals surface area contributed by atoms with Gasteiger partial charge in [0.1, 0.15) is 11.1 Å². The van der Waals surface area contributed by atoms with Crippen molar-refractivity contribution >= 4 is 28.5 Å². The number of nitrogens with zero attached hydrogens (tertiary/aromatic N) is 2. The minimum Gasteiger partial charge on any atom is -0.481 e. The fourth-order valence-electron chi connectivity index (χ4n) is 3.06. The molecule has 1 unspecified atom stereocenters. The molecule has 1 aromatic carbocycles. The maximum absolute atomic E-state index is 14.1. The van der Waals surface area contributed by atoms with Gasteiger partial charge in [-0.05, 0) is 25.5 Å². The lowest BCUT2D eigenvalue weighted by Gasteiger charge is -2.23. The van der Waals surface area contributed by atoms with Gasteiger partial charge in [0, 0.05) is 24.7 Å². The molecule has 0 bridgehead atoms. The van der Waals surface area contributed by atoms with E-state index in [1.165, 1.54) is 6.07 Å². The molecule has 0 radical (unpaired) electrons. The fraction of sp³-hybridized carbons (Fsp3) is 0.353. The van der Waals surface area contributed by atoms with Gasteiger partial charge in [0.2, 0.25) is 0 Å². The van der Waals surface area contributed by atoms with Crippen LogP contribution in [0.5, 0.6) is 0 Å². The lowest BCUT2D eigenvalue weighted by atomic mass is 10.1. The lowest BCUT2D eigenvalue weighted by molar-refractivity contribution is -0.140. The van der Waals surface area contributed by atoms with Crippen LogP contribution in [-0.2, 0) is 9.53 Å². The molecule has 2 aromatic rings. The number of carboxylic acid groups (broad SMARTS) is 1. The highest BCUT2D eigenvalue weighted by Gasteiger charge is 2.32. The summed E-state index contributed by atoms with van der Waals surface area (Å²) >= 11 is 0. The molecule has 1 saturated heterocycles. The normalized spacial score (nSPS) is 17.1. The molecule has 1 aliphatic rings. The summed E-state index contributed by atoms with van der Waals surface area (Å²) < 4.78 is 32.6. The molecular weight excluding hydrogens is 334 g/mol. The van der Waals surface area contributed by atoms with Crippen molar-refractivity contribution in [2.24, 2.45) is 5.92 Å². The smallest absolute Gasteiger partial charge is 0.341 e. The summed E-state index contributed by atoms with van der Waals surface area (Å²) in [6.45, 7) is 2.34. The van der Waals surface area contributed by atoms with Gasteiger partial charge >= 0.3 is 11.9 Å². The Labute approximate surface area is 142 Å². The molecule has 0 aliphatic carbocycles. The van der Waals surface area contributed by atoms with E-state index in [9.17, 15) is 23.5 Å². The number of esters is 1. The van der Waals surface area contributed by atoms with E-state index in [1.54, 1.807) is 11.8 Å². The summed E-state index contributed by atoms with van der Waals surface area (Å²) in [5, 5.41) is 9.44. The minimum atomic E-state index is -1.11. The maximum atomic E-state index is 14.1. The van der Waals surface area contributed by atoms with Gasteiger partial charge in [0.05, 0.1) is 18.2 Å². The van der Waals surface area contributed by atoms with Gasteiger partial charge in [0.15, 0.2) is 11.6 Å². The van der Waals surface area contributed by atoms with Crippen LogP contribution in [0.15, 0.2) is 18.3 Å². The third-order valence-electron chi connectivity index (χ3n) is 4.25. The Balaban J connectivity index is 2.18. The van der Waals surface area contributed by atoms with Crippen molar-refractivity contribution in [3.63, 3.8) is 0 Å². The second kappa shape index (κ2) is 6.62. The summed E-state index contributed by atoms with van der Waals surface area (Å²) in [6.07, 6.45) is 1.54. The van der Waals surface area contributed by atoms with Crippen molar-refractivity contribution in [3.05, 3.63) is 35.5 Å². The fourth-order valence-corrected chi connectivity index (χ4v) is 3.06. The first-order valence-corrected chi connectivity index (χ1v) is 7.85. The molecule has 0 spiro atoms. The highest BCUT2D eigenvalue weighted by molar-refractivity contribution is 6.05. The molecule has 1 aliphatic heterocycles. The molecule has 25 heavy (non-hydrogen) atoms. The molecule has 1 aromatic heterocycles. The number of aromatic nitrogens is 1. The Kier molecular flexibility index (Phi) is 4.52. The molecule has 3 rings (SSSR count). The van der Waals surface area contributed by atoms with Crippen LogP contribution in [0.1, 0.15) is 23.7 Å². The van der Waals surface area contributed by atoms with Crippen LogP contribution < -0.4 is 4.90 Å². The second-order valence-corrected chi connectivity index (χ2v) is 5.77. The number of halogens is 2. The van der Waals surface area contributed by atoms with Crippen LogP contribution in [0, 0.1) is 17.6 Å². The average Bonchev–Trinajstić information content (AvgIpc) is 3.07. The van der Waals surface area contributed by atoms with E-state index in [-0.39, 0.29) is 29.6 Å². The molecule has 1 N–H and O–H groups in total. The number of benzene rings is 1. The van der Waals surface area contributed by atoms with Crippen LogP contribution in [0.3, 0.4) is 0 Å². The molecular formula is C17H16F2N2O4. The van der Waals surface area contributed by atoms with Gasteiger partial charge in [0.25, 0.3) is 0 Å². The number of hydrogen-bond acceptors (Lipinski definition) is 5. The molecule has 2 heterocycles. The first kappa shape index (κ1) is 17.1. The molecule has 0 amide bonds. The largest absolute Gasteiger partial charge is 0.481 e. The van der Waals surface area contributed by atoms with Crippen molar-refractivity contribution in [3.8, 4) is 0 Å². The van der Waals surface area contributed by atoms with Crippen LogP contribution in [-0.4, -0.2) is 41.7 Å². The Bertz CT molecular complexity index is 856. The summed E-state index contributed by atoms with van der Waals surface area (Å²) in [6, 6.07) is 2.30. The number of aliphatic carboxylic acids is 1. The molecule has 1 fully saturated rings. The van der Waals surface area contributed by atoms with Gasteiger partial charge < -0.3 is 14.7 Å².